The Labute approximate surface area is 160 Å². The van der Waals surface area contributed by atoms with E-state index in [0.717, 1.165) is 11.1 Å². The molecule has 1 saturated heterocycles. The molecule has 6 nitrogen and oxygen atoms in total. The van der Waals surface area contributed by atoms with Crippen LogP contribution in [0.5, 0.6) is 0 Å². The Balaban J connectivity index is 1.73. The summed E-state index contributed by atoms with van der Waals surface area (Å²) >= 11 is 0. The number of carbonyl (C=O) groups is 1. The second-order valence-corrected chi connectivity index (χ2v) is 8.54. The van der Waals surface area contributed by atoms with E-state index in [2.05, 4.69) is 4.72 Å². The number of morpholine rings is 1. The van der Waals surface area contributed by atoms with Gasteiger partial charge in [-0.15, -0.1) is 0 Å². The summed E-state index contributed by atoms with van der Waals surface area (Å²) in [6.07, 6.45) is 0.0201. The molecule has 1 aliphatic rings. The zero-order valence-electron chi connectivity index (χ0n) is 15.7. The summed E-state index contributed by atoms with van der Waals surface area (Å²) in [5.74, 6) is -0.0753. The summed E-state index contributed by atoms with van der Waals surface area (Å²) in [6.45, 7) is 7.39. The molecule has 1 heterocycles. The van der Waals surface area contributed by atoms with Crippen LogP contribution in [0.15, 0.2) is 47.4 Å². The number of anilines is 1. The Kier molecular flexibility index (Phi) is 5.53. The van der Waals surface area contributed by atoms with Crippen LogP contribution in [-0.4, -0.2) is 45.0 Å². The Bertz CT molecular complexity index is 939. The van der Waals surface area contributed by atoms with Crippen molar-refractivity contribution >= 4 is 21.6 Å². The summed E-state index contributed by atoms with van der Waals surface area (Å²) in [5, 5.41) is 0. The van der Waals surface area contributed by atoms with E-state index in [9.17, 15) is 13.2 Å². The molecule has 2 aromatic carbocycles. The second-order valence-electron chi connectivity index (χ2n) is 6.86. The average Bonchev–Trinajstić information content (AvgIpc) is 2.63. The lowest BCUT2D eigenvalue weighted by Crippen LogP contribution is -2.44. The van der Waals surface area contributed by atoms with Gasteiger partial charge in [0, 0.05) is 24.3 Å². The topological polar surface area (TPSA) is 75.7 Å². The molecule has 1 aliphatic heterocycles. The van der Waals surface area contributed by atoms with Crippen LogP contribution in [0.4, 0.5) is 5.69 Å². The largest absolute Gasteiger partial charge is 0.375 e. The van der Waals surface area contributed by atoms with E-state index in [1.807, 2.05) is 20.8 Å². The quantitative estimate of drug-likeness (QED) is 0.874. The lowest BCUT2D eigenvalue weighted by atomic mass is 10.1. The summed E-state index contributed by atoms with van der Waals surface area (Å²) in [7, 11) is -3.68. The summed E-state index contributed by atoms with van der Waals surface area (Å²) < 4.78 is 33.2. The van der Waals surface area contributed by atoms with E-state index in [1.54, 1.807) is 47.4 Å². The lowest BCUT2D eigenvalue weighted by molar-refractivity contribution is -0.0124. The highest BCUT2D eigenvalue weighted by Crippen LogP contribution is 2.20. The Morgan fingerprint density at radius 1 is 1.11 bits per heavy atom. The van der Waals surface area contributed by atoms with Crippen molar-refractivity contribution in [3.8, 4) is 0 Å². The zero-order valence-corrected chi connectivity index (χ0v) is 16.5. The van der Waals surface area contributed by atoms with Crippen molar-refractivity contribution in [3.63, 3.8) is 0 Å². The van der Waals surface area contributed by atoms with Crippen molar-refractivity contribution in [2.24, 2.45) is 0 Å². The van der Waals surface area contributed by atoms with Gasteiger partial charge in [-0.25, -0.2) is 8.42 Å². The lowest BCUT2D eigenvalue weighted by Gasteiger charge is -2.31. The number of nitrogens with one attached hydrogen (secondary N) is 1. The van der Waals surface area contributed by atoms with Gasteiger partial charge >= 0.3 is 0 Å². The first-order chi connectivity index (χ1) is 12.8. The predicted octanol–water partition coefficient (Wildman–Crippen LogP) is 2.97. The average molecular weight is 388 g/mol. The molecule has 27 heavy (non-hydrogen) atoms. The number of hydrogen-bond donors (Lipinski definition) is 1. The van der Waals surface area contributed by atoms with Crippen LogP contribution < -0.4 is 4.72 Å². The number of amides is 1. The van der Waals surface area contributed by atoms with Gasteiger partial charge in [-0.3, -0.25) is 9.52 Å². The Hall–Kier alpha value is -2.38. The minimum Gasteiger partial charge on any atom is -0.375 e. The Morgan fingerprint density at radius 2 is 1.81 bits per heavy atom. The van der Waals surface area contributed by atoms with Crippen molar-refractivity contribution < 1.29 is 17.9 Å². The molecule has 1 amide bonds. The first-order valence-corrected chi connectivity index (χ1v) is 10.4. The molecule has 0 saturated carbocycles. The van der Waals surface area contributed by atoms with Gasteiger partial charge in [0.25, 0.3) is 15.9 Å². The van der Waals surface area contributed by atoms with Crippen LogP contribution in [0.25, 0.3) is 0 Å². The van der Waals surface area contributed by atoms with E-state index in [-0.39, 0.29) is 16.9 Å². The maximum absolute atomic E-state index is 12.6. The normalized spacial score (nSPS) is 17.6. The summed E-state index contributed by atoms with van der Waals surface area (Å²) in [5.41, 5.74) is 2.89. The third-order valence-electron chi connectivity index (χ3n) is 4.70. The van der Waals surface area contributed by atoms with Crippen LogP contribution in [0.1, 0.15) is 28.4 Å². The minimum atomic E-state index is -3.68. The number of carbonyl (C=O) groups excluding carboxylic acids is 1. The molecule has 0 spiro atoms. The highest BCUT2D eigenvalue weighted by Gasteiger charge is 2.22. The molecule has 1 fully saturated rings. The van der Waals surface area contributed by atoms with E-state index in [0.29, 0.717) is 30.9 Å². The summed E-state index contributed by atoms with van der Waals surface area (Å²) in [6, 6.07) is 11.5. The number of nitrogens with zero attached hydrogens (tertiary/aromatic N) is 1. The third kappa shape index (κ3) is 4.48. The fourth-order valence-electron chi connectivity index (χ4n) is 2.96. The first-order valence-electron chi connectivity index (χ1n) is 8.87. The van der Waals surface area contributed by atoms with E-state index < -0.39 is 10.0 Å². The van der Waals surface area contributed by atoms with Crippen LogP contribution in [0.3, 0.4) is 0 Å². The van der Waals surface area contributed by atoms with Crippen molar-refractivity contribution in [1.82, 2.24) is 4.90 Å². The highest BCUT2D eigenvalue weighted by molar-refractivity contribution is 7.92. The molecule has 1 atom stereocenters. The smallest absolute Gasteiger partial charge is 0.261 e. The molecule has 0 bridgehead atoms. The molecular formula is C20H24N2O4S. The molecule has 7 heteroatoms. The fraction of sp³-hybridized carbons (Fsp3) is 0.350. The molecule has 0 radical (unpaired) electrons. The maximum atomic E-state index is 12.6. The van der Waals surface area contributed by atoms with Gasteiger partial charge in [0.2, 0.25) is 0 Å². The van der Waals surface area contributed by atoms with E-state index >= 15 is 0 Å². The van der Waals surface area contributed by atoms with Gasteiger partial charge in [-0.1, -0.05) is 6.07 Å². The third-order valence-corrected chi connectivity index (χ3v) is 6.08. The molecule has 1 N–H and O–H groups in total. The van der Waals surface area contributed by atoms with Gasteiger partial charge in [0.05, 0.1) is 17.6 Å². The van der Waals surface area contributed by atoms with Crippen molar-refractivity contribution in [3.05, 3.63) is 59.2 Å². The van der Waals surface area contributed by atoms with Gasteiger partial charge in [0.15, 0.2) is 0 Å². The monoisotopic (exact) mass is 388 g/mol. The molecule has 0 unspecified atom stereocenters. The maximum Gasteiger partial charge on any atom is 0.261 e. The number of benzene rings is 2. The molecule has 0 aliphatic carbocycles. The van der Waals surface area contributed by atoms with E-state index in [1.165, 1.54) is 0 Å². The van der Waals surface area contributed by atoms with Crippen LogP contribution >= 0.6 is 0 Å². The minimum absolute atomic E-state index is 0.0201. The van der Waals surface area contributed by atoms with Gasteiger partial charge in [0.1, 0.15) is 0 Å². The van der Waals surface area contributed by atoms with Crippen molar-refractivity contribution in [1.29, 1.82) is 0 Å². The number of aryl methyl sites for hydroxylation is 2. The molecular weight excluding hydrogens is 364 g/mol. The number of sulfonamides is 1. The SMILES string of the molecule is Cc1ccc(S(=O)(=O)Nc2ccc(C(=O)N3CCO[C@@H](C)C3)cc2)cc1C. The second kappa shape index (κ2) is 7.70. The van der Waals surface area contributed by atoms with Crippen LogP contribution in [-0.2, 0) is 14.8 Å². The van der Waals surface area contributed by atoms with Crippen LogP contribution in [0.2, 0.25) is 0 Å². The van der Waals surface area contributed by atoms with Crippen LogP contribution in [0, 0.1) is 13.8 Å². The molecule has 144 valence electrons. The number of rotatable bonds is 4. The fourth-order valence-corrected chi connectivity index (χ4v) is 4.10. The highest BCUT2D eigenvalue weighted by atomic mass is 32.2. The number of hydrogen-bond acceptors (Lipinski definition) is 4. The molecule has 0 aromatic heterocycles. The van der Waals surface area contributed by atoms with Gasteiger partial charge in [-0.05, 0) is 68.3 Å². The summed E-state index contributed by atoms with van der Waals surface area (Å²) in [4.78, 5) is 14.5. The first kappa shape index (κ1) is 19.4. The predicted molar refractivity (Wildman–Crippen MR) is 104 cm³/mol. The van der Waals surface area contributed by atoms with Crippen molar-refractivity contribution in [2.45, 2.75) is 31.8 Å². The van der Waals surface area contributed by atoms with Gasteiger partial charge < -0.3 is 9.64 Å². The Morgan fingerprint density at radius 3 is 2.44 bits per heavy atom. The molecule has 2 aromatic rings. The standard InChI is InChI=1S/C20H24N2O4S/c1-14-4-9-19(12-15(14)2)27(24,25)21-18-7-5-17(6-8-18)20(23)22-10-11-26-16(3)13-22/h4-9,12,16,21H,10-11,13H2,1-3H3/t16-/m0/s1. The van der Waals surface area contributed by atoms with Crippen molar-refractivity contribution in [2.75, 3.05) is 24.4 Å². The van der Waals surface area contributed by atoms with E-state index in [4.69, 9.17) is 4.74 Å². The zero-order chi connectivity index (χ0) is 19.6. The number of ether oxygens (including phenoxy) is 1. The molecule has 3 rings (SSSR count). The van der Waals surface area contributed by atoms with Gasteiger partial charge in [-0.2, -0.15) is 0 Å².